The van der Waals surface area contributed by atoms with Crippen molar-refractivity contribution >= 4 is 51.4 Å². The first-order valence-corrected chi connectivity index (χ1v) is 11.0. The summed E-state index contributed by atoms with van der Waals surface area (Å²) < 4.78 is 0. The topological polar surface area (TPSA) is 68.4 Å². The maximum Gasteiger partial charge on any atom is 0.256 e. The van der Waals surface area contributed by atoms with Gasteiger partial charge in [0.05, 0.1) is 12.1 Å². The molecule has 1 aromatic heterocycles. The Hall–Kier alpha value is -3.19. The van der Waals surface area contributed by atoms with Gasteiger partial charge in [0.1, 0.15) is 6.04 Å². The van der Waals surface area contributed by atoms with Gasteiger partial charge in [0.25, 0.3) is 5.91 Å². The lowest BCUT2D eigenvalue weighted by Gasteiger charge is -2.26. The van der Waals surface area contributed by atoms with Gasteiger partial charge in [-0.1, -0.05) is 44.5 Å². The third-order valence-corrected chi connectivity index (χ3v) is 6.17. The molecule has 0 aliphatic carbocycles. The zero-order valence-electron chi connectivity index (χ0n) is 17.7. The lowest BCUT2D eigenvalue weighted by Crippen LogP contribution is -2.40. The lowest BCUT2D eigenvalue weighted by atomic mass is 10.1. The summed E-state index contributed by atoms with van der Waals surface area (Å²) in [6.45, 7) is 4.87. The summed E-state index contributed by atoms with van der Waals surface area (Å²) in [6, 6.07) is 16.4. The first kappa shape index (κ1) is 21.1. The van der Waals surface area contributed by atoms with Gasteiger partial charge in [-0.25, -0.2) is 0 Å². The number of thiocarbonyl (C=S) groups is 1. The molecule has 2 N–H and O–H groups in total. The fraction of sp³-hybridized carbons (Fsp3) is 0.292. The average Bonchev–Trinajstić information content (AvgIpc) is 3.32. The Bertz CT molecular complexity index is 1110. The molecule has 3 aromatic rings. The van der Waals surface area contributed by atoms with Crippen LogP contribution in [0.4, 0.5) is 11.4 Å². The Kier molecular flexibility index (Phi) is 6.04. The summed E-state index contributed by atoms with van der Waals surface area (Å²) in [5, 5.41) is 4.47. The maximum atomic E-state index is 13.3. The van der Waals surface area contributed by atoms with E-state index in [0.717, 1.165) is 23.0 Å². The van der Waals surface area contributed by atoms with Gasteiger partial charge in [0, 0.05) is 23.9 Å². The Balaban J connectivity index is 1.54. The van der Waals surface area contributed by atoms with Crippen LogP contribution in [0.25, 0.3) is 10.9 Å². The smallest absolute Gasteiger partial charge is 0.256 e. The van der Waals surface area contributed by atoms with Crippen molar-refractivity contribution in [3.8, 4) is 0 Å². The number of rotatable bonds is 7. The van der Waals surface area contributed by atoms with Crippen molar-refractivity contribution in [2.45, 2.75) is 32.7 Å². The summed E-state index contributed by atoms with van der Waals surface area (Å²) in [4.78, 5) is 32.8. The van der Waals surface area contributed by atoms with Crippen LogP contribution in [0.5, 0.6) is 0 Å². The Morgan fingerprint density at radius 3 is 2.71 bits per heavy atom. The Morgan fingerprint density at radius 2 is 1.97 bits per heavy atom. The number of hydrogen-bond acceptors (Lipinski definition) is 3. The molecule has 6 nitrogen and oxygen atoms in total. The van der Waals surface area contributed by atoms with Crippen LogP contribution in [-0.2, 0) is 9.59 Å². The molecule has 2 unspecified atom stereocenters. The molecule has 0 bridgehead atoms. The number of fused-ring (bicyclic) bond motifs is 1. The molecule has 0 radical (unpaired) electrons. The van der Waals surface area contributed by atoms with Crippen LogP contribution in [0, 0.1) is 5.92 Å². The number of para-hydroxylation sites is 1. The maximum absolute atomic E-state index is 13.3. The number of carbonyl (C=O) groups excluding carboxylic acids is 2. The zero-order chi connectivity index (χ0) is 22.0. The monoisotopic (exact) mass is 434 g/mol. The van der Waals surface area contributed by atoms with Gasteiger partial charge in [-0.15, -0.1) is 0 Å². The number of carbonyl (C=O) groups is 2. The summed E-state index contributed by atoms with van der Waals surface area (Å²) in [5.74, 6) is -0.0205. The fourth-order valence-electron chi connectivity index (χ4n) is 3.83. The van der Waals surface area contributed by atoms with E-state index in [1.165, 1.54) is 0 Å². The third kappa shape index (κ3) is 4.32. The van der Waals surface area contributed by atoms with Gasteiger partial charge < -0.3 is 15.2 Å². The van der Waals surface area contributed by atoms with Crippen molar-refractivity contribution in [3.63, 3.8) is 0 Å². The normalized spacial score (nSPS) is 17.4. The molecule has 0 spiro atoms. The lowest BCUT2D eigenvalue weighted by molar-refractivity contribution is -0.124. The van der Waals surface area contributed by atoms with E-state index in [1.807, 2.05) is 65.7 Å². The number of nitrogens with one attached hydrogen (secondary N) is 2. The minimum absolute atomic E-state index is 0.0432. The quantitative estimate of drug-likeness (QED) is 0.536. The van der Waals surface area contributed by atoms with Gasteiger partial charge >= 0.3 is 0 Å². The molecular weight excluding hydrogens is 408 g/mol. The van der Waals surface area contributed by atoms with E-state index in [2.05, 4.69) is 24.1 Å². The molecule has 2 heterocycles. The van der Waals surface area contributed by atoms with Crippen molar-refractivity contribution in [1.29, 1.82) is 0 Å². The van der Waals surface area contributed by atoms with Crippen LogP contribution in [0.15, 0.2) is 60.8 Å². The number of aromatic nitrogens is 1. The molecule has 4 rings (SSSR count). The standard InChI is InChI=1S/C24H26N4O2S/c1-3-16(2)15-27-21(23(30)28(24(27)31)19-7-5-4-6-8-19)14-22(29)26-18-10-9-17-11-12-25-20(17)13-18/h4-13,16,21,25H,3,14-15H2,1-2H3,(H,26,29). The fourth-order valence-corrected chi connectivity index (χ4v) is 4.23. The van der Waals surface area contributed by atoms with E-state index < -0.39 is 6.04 Å². The predicted molar refractivity (Wildman–Crippen MR) is 128 cm³/mol. The average molecular weight is 435 g/mol. The molecule has 2 aromatic carbocycles. The molecule has 2 amide bonds. The number of anilines is 2. The zero-order valence-corrected chi connectivity index (χ0v) is 18.5. The van der Waals surface area contributed by atoms with E-state index in [-0.39, 0.29) is 18.2 Å². The van der Waals surface area contributed by atoms with Crippen molar-refractivity contribution in [1.82, 2.24) is 9.88 Å². The number of H-pyrrole nitrogens is 1. The number of benzene rings is 2. The summed E-state index contributed by atoms with van der Waals surface area (Å²) >= 11 is 5.69. The summed E-state index contributed by atoms with van der Waals surface area (Å²) in [7, 11) is 0. The highest BCUT2D eigenvalue weighted by molar-refractivity contribution is 7.80. The second-order valence-electron chi connectivity index (χ2n) is 8.01. The second kappa shape index (κ2) is 8.89. The highest BCUT2D eigenvalue weighted by Crippen LogP contribution is 2.28. The van der Waals surface area contributed by atoms with Crippen molar-refractivity contribution in [2.75, 3.05) is 16.8 Å². The van der Waals surface area contributed by atoms with Gasteiger partial charge in [-0.05, 0) is 53.9 Å². The summed E-state index contributed by atoms with van der Waals surface area (Å²) in [6.07, 6.45) is 2.87. The largest absolute Gasteiger partial charge is 0.361 e. The van der Waals surface area contributed by atoms with E-state index in [1.54, 1.807) is 4.90 Å². The van der Waals surface area contributed by atoms with Gasteiger partial charge in [-0.3, -0.25) is 14.5 Å². The number of amides is 2. The summed E-state index contributed by atoms with van der Waals surface area (Å²) in [5.41, 5.74) is 2.37. The van der Waals surface area contributed by atoms with Gasteiger partial charge in [0.15, 0.2) is 5.11 Å². The van der Waals surface area contributed by atoms with Crippen molar-refractivity contribution in [2.24, 2.45) is 5.92 Å². The molecule has 160 valence electrons. The molecule has 7 heteroatoms. The number of aromatic amines is 1. The van der Waals surface area contributed by atoms with Crippen molar-refractivity contribution < 1.29 is 9.59 Å². The molecule has 1 aliphatic rings. The molecule has 1 aliphatic heterocycles. The van der Waals surface area contributed by atoms with Gasteiger partial charge in [0.2, 0.25) is 5.91 Å². The van der Waals surface area contributed by atoms with Crippen LogP contribution < -0.4 is 10.2 Å². The molecule has 1 saturated heterocycles. The first-order valence-electron chi connectivity index (χ1n) is 10.5. The van der Waals surface area contributed by atoms with Crippen molar-refractivity contribution in [3.05, 3.63) is 60.8 Å². The second-order valence-corrected chi connectivity index (χ2v) is 8.37. The minimum atomic E-state index is -0.615. The Labute approximate surface area is 187 Å². The first-order chi connectivity index (χ1) is 15.0. The van der Waals surface area contributed by atoms with Crippen LogP contribution in [-0.4, -0.2) is 39.4 Å². The minimum Gasteiger partial charge on any atom is -0.361 e. The van der Waals surface area contributed by atoms with E-state index in [9.17, 15) is 9.59 Å². The SMILES string of the molecule is CCC(C)CN1C(=S)N(c2ccccc2)C(=O)C1CC(=O)Nc1ccc2cc[nH]c2c1. The van der Waals surface area contributed by atoms with Crippen LogP contribution in [0.2, 0.25) is 0 Å². The molecule has 31 heavy (non-hydrogen) atoms. The van der Waals surface area contributed by atoms with Crippen LogP contribution >= 0.6 is 12.2 Å². The highest BCUT2D eigenvalue weighted by atomic mass is 32.1. The molecule has 1 fully saturated rings. The van der Waals surface area contributed by atoms with E-state index >= 15 is 0 Å². The van der Waals surface area contributed by atoms with Crippen LogP contribution in [0.3, 0.4) is 0 Å². The van der Waals surface area contributed by atoms with E-state index in [4.69, 9.17) is 12.2 Å². The number of nitrogens with zero attached hydrogens (tertiary/aromatic N) is 2. The van der Waals surface area contributed by atoms with E-state index in [0.29, 0.717) is 23.3 Å². The third-order valence-electron chi connectivity index (χ3n) is 5.76. The van der Waals surface area contributed by atoms with Gasteiger partial charge in [-0.2, -0.15) is 0 Å². The molecule has 0 saturated carbocycles. The predicted octanol–water partition coefficient (Wildman–Crippen LogP) is 4.54. The van der Waals surface area contributed by atoms with Crippen LogP contribution in [0.1, 0.15) is 26.7 Å². The Morgan fingerprint density at radius 1 is 1.19 bits per heavy atom. The number of hydrogen-bond donors (Lipinski definition) is 2. The molecular formula is C24H26N4O2S. The molecule has 2 atom stereocenters. The highest BCUT2D eigenvalue weighted by Gasteiger charge is 2.44.